The number of rotatable bonds is 3. The molecule has 0 aliphatic carbocycles. The molecule has 0 saturated carbocycles. The molecule has 2 aliphatic heterocycles. The predicted molar refractivity (Wildman–Crippen MR) is 101 cm³/mol. The SMILES string of the molecule is CN(C(=O)c1cnn(-c2ccc(Cl)cc2)c1)C1CC2CCC(C1)N2.Cl. The van der Waals surface area contributed by atoms with Crippen LogP contribution in [0.3, 0.4) is 0 Å². The molecule has 2 saturated heterocycles. The smallest absolute Gasteiger partial charge is 0.257 e. The van der Waals surface area contributed by atoms with Gasteiger partial charge in [-0.3, -0.25) is 4.79 Å². The van der Waals surface area contributed by atoms with Gasteiger partial charge in [0.2, 0.25) is 0 Å². The standard InChI is InChI=1S/C18H21ClN4O.ClH/c1-22(17-8-14-4-5-15(9-17)21-14)18(24)12-10-20-23(11-12)16-6-2-13(19)3-7-16;/h2-3,6-7,10-11,14-15,17,21H,4-5,8-9H2,1H3;1H. The third-order valence-corrected chi connectivity index (χ3v) is 5.49. The molecule has 2 unspecified atom stereocenters. The topological polar surface area (TPSA) is 50.2 Å². The highest BCUT2D eigenvalue weighted by Gasteiger charge is 2.36. The van der Waals surface area contributed by atoms with E-state index in [2.05, 4.69) is 10.4 Å². The fraction of sp³-hybridized carbons (Fsp3) is 0.444. The summed E-state index contributed by atoms with van der Waals surface area (Å²) in [5.41, 5.74) is 1.51. The summed E-state index contributed by atoms with van der Waals surface area (Å²) in [6, 6.07) is 8.86. The summed E-state index contributed by atoms with van der Waals surface area (Å²) < 4.78 is 1.71. The van der Waals surface area contributed by atoms with Gasteiger partial charge in [-0.2, -0.15) is 5.10 Å². The molecule has 2 atom stereocenters. The van der Waals surface area contributed by atoms with Crippen molar-refractivity contribution in [1.29, 1.82) is 0 Å². The van der Waals surface area contributed by atoms with Gasteiger partial charge in [0.15, 0.2) is 0 Å². The molecule has 7 heteroatoms. The van der Waals surface area contributed by atoms with E-state index in [9.17, 15) is 4.79 Å². The average Bonchev–Trinajstić information content (AvgIpc) is 3.21. The van der Waals surface area contributed by atoms with Crippen LogP contribution in [0.25, 0.3) is 5.69 Å². The highest BCUT2D eigenvalue weighted by molar-refractivity contribution is 6.30. The quantitative estimate of drug-likeness (QED) is 0.888. The lowest BCUT2D eigenvalue weighted by atomic mass is 9.98. The molecule has 1 amide bonds. The fourth-order valence-electron chi connectivity index (χ4n) is 3.88. The number of carbonyl (C=O) groups excluding carboxylic acids is 1. The van der Waals surface area contributed by atoms with E-state index in [1.807, 2.05) is 36.2 Å². The lowest BCUT2D eigenvalue weighted by molar-refractivity contribution is 0.0681. The van der Waals surface area contributed by atoms with Crippen LogP contribution < -0.4 is 5.32 Å². The Kier molecular flexibility index (Phi) is 5.37. The summed E-state index contributed by atoms with van der Waals surface area (Å²) in [7, 11) is 1.91. The zero-order valence-electron chi connectivity index (χ0n) is 14.1. The number of carbonyl (C=O) groups is 1. The van der Waals surface area contributed by atoms with Crippen LogP contribution >= 0.6 is 24.0 Å². The molecule has 0 radical (unpaired) electrons. The number of fused-ring (bicyclic) bond motifs is 2. The number of hydrogen-bond donors (Lipinski definition) is 1. The third kappa shape index (κ3) is 3.68. The van der Waals surface area contributed by atoms with E-state index >= 15 is 0 Å². The highest BCUT2D eigenvalue weighted by Crippen LogP contribution is 2.29. The van der Waals surface area contributed by atoms with Crippen molar-refractivity contribution in [2.24, 2.45) is 0 Å². The minimum Gasteiger partial charge on any atom is -0.339 e. The lowest BCUT2D eigenvalue weighted by Crippen LogP contribution is -2.48. The summed E-state index contributed by atoms with van der Waals surface area (Å²) in [6.45, 7) is 0. The van der Waals surface area contributed by atoms with Crippen molar-refractivity contribution < 1.29 is 4.79 Å². The van der Waals surface area contributed by atoms with Gasteiger partial charge in [0, 0.05) is 36.4 Å². The molecule has 0 spiro atoms. The largest absolute Gasteiger partial charge is 0.339 e. The summed E-state index contributed by atoms with van der Waals surface area (Å²) in [5.74, 6) is 0.0431. The zero-order valence-corrected chi connectivity index (χ0v) is 15.6. The molecule has 134 valence electrons. The molecular formula is C18H22Cl2N4O. The Morgan fingerprint density at radius 2 is 1.88 bits per heavy atom. The molecule has 4 rings (SSSR count). The first-order chi connectivity index (χ1) is 11.6. The molecule has 5 nitrogen and oxygen atoms in total. The summed E-state index contributed by atoms with van der Waals surface area (Å²) in [6.07, 6.45) is 7.99. The van der Waals surface area contributed by atoms with Crippen molar-refractivity contribution in [2.75, 3.05) is 7.05 Å². The monoisotopic (exact) mass is 380 g/mol. The molecule has 2 fully saturated rings. The van der Waals surface area contributed by atoms with Gasteiger partial charge in [0.1, 0.15) is 0 Å². The first kappa shape index (κ1) is 18.2. The Labute approximate surface area is 158 Å². The summed E-state index contributed by atoms with van der Waals surface area (Å²) in [5, 5.41) is 8.62. The Morgan fingerprint density at radius 1 is 1.24 bits per heavy atom. The van der Waals surface area contributed by atoms with Crippen LogP contribution in [0.2, 0.25) is 5.02 Å². The first-order valence-corrected chi connectivity index (χ1v) is 8.82. The third-order valence-electron chi connectivity index (χ3n) is 5.24. The molecule has 1 aromatic carbocycles. The Morgan fingerprint density at radius 3 is 2.52 bits per heavy atom. The van der Waals surface area contributed by atoms with Crippen LogP contribution in [-0.2, 0) is 0 Å². The van der Waals surface area contributed by atoms with Gasteiger partial charge >= 0.3 is 0 Å². The number of piperidine rings is 1. The average molecular weight is 381 g/mol. The van der Waals surface area contributed by atoms with E-state index in [-0.39, 0.29) is 18.3 Å². The van der Waals surface area contributed by atoms with Crippen molar-refractivity contribution in [2.45, 2.75) is 43.8 Å². The summed E-state index contributed by atoms with van der Waals surface area (Å²) in [4.78, 5) is 14.7. The normalized spacial score (nSPS) is 24.6. The van der Waals surface area contributed by atoms with Gasteiger partial charge in [-0.05, 0) is 49.9 Å². The second kappa shape index (κ2) is 7.36. The van der Waals surface area contributed by atoms with Crippen molar-refractivity contribution in [1.82, 2.24) is 20.0 Å². The van der Waals surface area contributed by atoms with Crippen LogP contribution in [-0.4, -0.2) is 45.8 Å². The Hall–Kier alpha value is -1.56. The van der Waals surface area contributed by atoms with Gasteiger partial charge in [0.25, 0.3) is 5.91 Å². The van der Waals surface area contributed by atoms with Crippen molar-refractivity contribution >= 4 is 29.9 Å². The second-order valence-corrected chi connectivity index (χ2v) is 7.27. The van der Waals surface area contributed by atoms with E-state index in [0.717, 1.165) is 18.5 Å². The number of halogens is 2. The Balaban J connectivity index is 0.00000182. The number of nitrogens with one attached hydrogen (secondary N) is 1. The number of benzene rings is 1. The number of nitrogens with zero attached hydrogens (tertiary/aromatic N) is 3. The van der Waals surface area contributed by atoms with E-state index in [1.54, 1.807) is 17.1 Å². The molecule has 1 N–H and O–H groups in total. The molecule has 3 heterocycles. The minimum atomic E-state index is 0. The van der Waals surface area contributed by atoms with Crippen LogP contribution in [0.4, 0.5) is 0 Å². The zero-order chi connectivity index (χ0) is 16.7. The van der Waals surface area contributed by atoms with Gasteiger partial charge < -0.3 is 10.2 Å². The van der Waals surface area contributed by atoms with Crippen LogP contribution in [0, 0.1) is 0 Å². The minimum absolute atomic E-state index is 0. The van der Waals surface area contributed by atoms with Crippen molar-refractivity contribution in [3.05, 3.63) is 47.2 Å². The maximum absolute atomic E-state index is 12.8. The van der Waals surface area contributed by atoms with Gasteiger partial charge in [0.05, 0.1) is 17.4 Å². The maximum Gasteiger partial charge on any atom is 0.257 e. The number of amides is 1. The molecule has 2 aromatic rings. The second-order valence-electron chi connectivity index (χ2n) is 6.83. The molecule has 25 heavy (non-hydrogen) atoms. The Bertz CT molecular complexity index is 734. The van der Waals surface area contributed by atoms with Crippen LogP contribution in [0.15, 0.2) is 36.7 Å². The molecule has 2 aliphatic rings. The molecular weight excluding hydrogens is 359 g/mol. The molecule has 2 bridgehead atoms. The van der Waals surface area contributed by atoms with Crippen molar-refractivity contribution in [3.8, 4) is 5.69 Å². The van der Waals surface area contributed by atoms with Crippen LogP contribution in [0.5, 0.6) is 0 Å². The van der Waals surface area contributed by atoms with Gasteiger partial charge in [-0.1, -0.05) is 11.6 Å². The molecule has 1 aromatic heterocycles. The fourth-order valence-corrected chi connectivity index (χ4v) is 4.01. The number of hydrogen-bond acceptors (Lipinski definition) is 3. The highest BCUT2D eigenvalue weighted by atomic mass is 35.5. The lowest BCUT2D eigenvalue weighted by Gasteiger charge is -2.35. The van der Waals surface area contributed by atoms with E-state index in [1.165, 1.54) is 12.8 Å². The van der Waals surface area contributed by atoms with Crippen LogP contribution in [0.1, 0.15) is 36.0 Å². The van der Waals surface area contributed by atoms with Gasteiger partial charge in [-0.15, -0.1) is 12.4 Å². The maximum atomic E-state index is 12.8. The van der Waals surface area contributed by atoms with Gasteiger partial charge in [-0.25, -0.2) is 4.68 Å². The van der Waals surface area contributed by atoms with Crippen molar-refractivity contribution in [3.63, 3.8) is 0 Å². The predicted octanol–water partition coefficient (Wildman–Crippen LogP) is 3.30. The van der Waals surface area contributed by atoms with E-state index in [0.29, 0.717) is 28.7 Å². The number of aromatic nitrogens is 2. The summed E-state index contributed by atoms with van der Waals surface area (Å²) >= 11 is 5.92. The first-order valence-electron chi connectivity index (χ1n) is 8.44. The van der Waals surface area contributed by atoms with E-state index < -0.39 is 0 Å². The van der Waals surface area contributed by atoms with E-state index in [4.69, 9.17) is 11.6 Å².